The summed E-state index contributed by atoms with van der Waals surface area (Å²) < 4.78 is 41.1. The van der Waals surface area contributed by atoms with Crippen LogP contribution >= 0.6 is 11.6 Å². The van der Waals surface area contributed by atoms with Crippen molar-refractivity contribution in [2.45, 2.75) is 17.4 Å². The summed E-state index contributed by atoms with van der Waals surface area (Å²) >= 11 is 5.98. The first kappa shape index (κ1) is 20.6. The molecule has 2 heterocycles. The van der Waals surface area contributed by atoms with Crippen LogP contribution in [-0.2, 0) is 10.0 Å². The van der Waals surface area contributed by atoms with E-state index in [4.69, 9.17) is 11.6 Å². The lowest BCUT2D eigenvalue weighted by molar-refractivity contribution is 0.0941. The van der Waals surface area contributed by atoms with Crippen LogP contribution in [0.15, 0.2) is 65.7 Å². The highest BCUT2D eigenvalue weighted by atomic mass is 35.5. The van der Waals surface area contributed by atoms with Gasteiger partial charge in [0.2, 0.25) is 0 Å². The van der Waals surface area contributed by atoms with E-state index >= 15 is 0 Å². The van der Waals surface area contributed by atoms with E-state index in [1.54, 1.807) is 6.07 Å². The van der Waals surface area contributed by atoms with Crippen LogP contribution in [0.25, 0.3) is 11.3 Å². The van der Waals surface area contributed by atoms with E-state index < -0.39 is 15.8 Å². The first-order chi connectivity index (χ1) is 14.4. The lowest BCUT2D eigenvalue weighted by atomic mass is 10.1. The van der Waals surface area contributed by atoms with Crippen LogP contribution in [0.4, 0.5) is 4.39 Å². The topological polar surface area (TPSA) is 80.2 Å². The molecule has 6 nitrogen and oxygen atoms in total. The summed E-state index contributed by atoms with van der Waals surface area (Å²) in [5.74, 6) is -0.847. The number of nitrogens with one attached hydrogen (secondary N) is 2. The molecule has 1 saturated heterocycles. The minimum absolute atomic E-state index is 0.0130. The third-order valence-corrected chi connectivity index (χ3v) is 6.87. The molecule has 1 aliphatic heterocycles. The molecule has 0 saturated carbocycles. The first-order valence-corrected chi connectivity index (χ1v) is 11.2. The number of halogens is 2. The molecular formula is C21H19ClFN3O3S. The molecule has 1 aromatic heterocycles. The van der Waals surface area contributed by atoms with Gasteiger partial charge in [0.25, 0.3) is 15.9 Å². The van der Waals surface area contributed by atoms with E-state index in [0.717, 1.165) is 16.9 Å². The highest BCUT2D eigenvalue weighted by Crippen LogP contribution is 2.30. The van der Waals surface area contributed by atoms with Gasteiger partial charge >= 0.3 is 0 Å². The van der Waals surface area contributed by atoms with Gasteiger partial charge in [0.05, 0.1) is 16.2 Å². The second kappa shape index (κ2) is 8.22. The maximum absolute atomic E-state index is 13.5. The number of amides is 1. The zero-order valence-corrected chi connectivity index (χ0v) is 17.4. The predicted octanol–water partition coefficient (Wildman–Crippen LogP) is 3.28. The van der Waals surface area contributed by atoms with Crippen molar-refractivity contribution in [3.05, 3.63) is 77.2 Å². The number of rotatable bonds is 5. The van der Waals surface area contributed by atoms with E-state index in [9.17, 15) is 17.6 Å². The lowest BCUT2D eigenvalue weighted by Crippen LogP contribution is -2.36. The van der Waals surface area contributed by atoms with Gasteiger partial charge in [-0.15, -0.1) is 0 Å². The van der Waals surface area contributed by atoms with Crippen LogP contribution in [-0.4, -0.2) is 37.4 Å². The van der Waals surface area contributed by atoms with Gasteiger partial charge in [0, 0.05) is 29.4 Å². The normalized spacial score (nSPS) is 16.5. The van der Waals surface area contributed by atoms with Crippen LogP contribution in [0.2, 0.25) is 5.02 Å². The fourth-order valence-electron chi connectivity index (χ4n) is 3.47. The Bertz CT molecular complexity index is 1190. The Morgan fingerprint density at radius 2 is 1.93 bits per heavy atom. The van der Waals surface area contributed by atoms with Crippen LogP contribution < -0.4 is 10.6 Å². The third-order valence-electron chi connectivity index (χ3n) is 4.96. The van der Waals surface area contributed by atoms with E-state index in [1.165, 1.54) is 54.7 Å². The average molecular weight is 448 g/mol. The fraction of sp³-hybridized carbons (Fsp3) is 0.190. The van der Waals surface area contributed by atoms with E-state index in [-0.39, 0.29) is 33.1 Å². The molecule has 2 aromatic carbocycles. The summed E-state index contributed by atoms with van der Waals surface area (Å²) in [6.07, 6.45) is 2.12. The van der Waals surface area contributed by atoms with Gasteiger partial charge in [-0.1, -0.05) is 17.7 Å². The molecule has 0 radical (unpaired) electrons. The van der Waals surface area contributed by atoms with Crippen molar-refractivity contribution in [1.82, 2.24) is 14.6 Å². The van der Waals surface area contributed by atoms with Crippen LogP contribution in [0.3, 0.4) is 0 Å². The number of aromatic nitrogens is 1. The molecule has 0 unspecified atom stereocenters. The van der Waals surface area contributed by atoms with Gasteiger partial charge in [0.15, 0.2) is 0 Å². The molecule has 2 N–H and O–H groups in total. The molecule has 1 aliphatic rings. The molecule has 1 fully saturated rings. The average Bonchev–Trinajstić information content (AvgIpc) is 3.38. The second-order valence-electron chi connectivity index (χ2n) is 7.01. The van der Waals surface area contributed by atoms with Crippen molar-refractivity contribution in [3.63, 3.8) is 0 Å². The molecule has 1 atom stereocenters. The van der Waals surface area contributed by atoms with E-state index in [2.05, 4.69) is 10.6 Å². The zero-order chi connectivity index (χ0) is 21.3. The van der Waals surface area contributed by atoms with Crippen molar-refractivity contribution < 1.29 is 17.6 Å². The van der Waals surface area contributed by atoms with Gasteiger partial charge in [-0.25, -0.2) is 16.8 Å². The number of hydrogen-bond acceptors (Lipinski definition) is 4. The summed E-state index contributed by atoms with van der Waals surface area (Å²) in [6, 6.07) is 12.6. The molecule has 0 aliphatic carbocycles. The molecule has 3 aromatic rings. The first-order valence-electron chi connectivity index (χ1n) is 9.36. The lowest BCUT2D eigenvalue weighted by Gasteiger charge is -2.15. The van der Waals surface area contributed by atoms with Gasteiger partial charge in [-0.05, 0) is 61.5 Å². The SMILES string of the molecule is O=C(N[C@@H]1CCNC1)c1ccn(S(=O)(=O)c2cccc(Cl)c2)c1-c1ccc(F)cc1. The number of nitrogens with zero attached hydrogens (tertiary/aromatic N) is 1. The Morgan fingerprint density at radius 1 is 1.17 bits per heavy atom. The monoisotopic (exact) mass is 447 g/mol. The van der Waals surface area contributed by atoms with Gasteiger partial charge in [-0.3, -0.25) is 4.79 Å². The molecule has 0 spiro atoms. The second-order valence-corrected chi connectivity index (χ2v) is 9.26. The van der Waals surface area contributed by atoms with Gasteiger partial charge < -0.3 is 10.6 Å². The van der Waals surface area contributed by atoms with Crippen molar-refractivity contribution in [3.8, 4) is 11.3 Å². The summed E-state index contributed by atoms with van der Waals surface area (Å²) in [6.45, 7) is 1.46. The third kappa shape index (κ3) is 3.98. The fourth-order valence-corrected chi connectivity index (χ4v) is 5.14. The highest BCUT2D eigenvalue weighted by molar-refractivity contribution is 7.90. The van der Waals surface area contributed by atoms with Crippen LogP contribution in [0, 0.1) is 5.82 Å². The Morgan fingerprint density at radius 3 is 2.60 bits per heavy atom. The van der Waals surface area contributed by atoms with Gasteiger partial charge in [0.1, 0.15) is 5.82 Å². The molecular weight excluding hydrogens is 429 g/mol. The Balaban J connectivity index is 1.83. The Hall–Kier alpha value is -2.68. The summed E-state index contributed by atoms with van der Waals surface area (Å²) in [5, 5.41) is 6.37. The maximum atomic E-state index is 13.5. The predicted molar refractivity (Wildman–Crippen MR) is 113 cm³/mol. The maximum Gasteiger partial charge on any atom is 0.268 e. The van der Waals surface area contributed by atoms with Crippen molar-refractivity contribution in [2.75, 3.05) is 13.1 Å². The molecule has 4 rings (SSSR count). The van der Waals surface area contributed by atoms with Crippen LogP contribution in [0.5, 0.6) is 0 Å². The van der Waals surface area contributed by atoms with Crippen molar-refractivity contribution in [1.29, 1.82) is 0 Å². The summed E-state index contributed by atoms with van der Waals surface area (Å²) in [7, 11) is -4.04. The van der Waals surface area contributed by atoms with E-state index in [0.29, 0.717) is 12.1 Å². The molecule has 9 heteroatoms. The number of carbonyl (C=O) groups is 1. The minimum Gasteiger partial charge on any atom is -0.348 e. The van der Waals surface area contributed by atoms with E-state index in [1.807, 2.05) is 0 Å². The Labute approximate surface area is 178 Å². The standard InChI is InChI=1S/C21H19ClFN3O3S/c22-15-2-1-3-18(12-15)30(28,29)26-11-9-19(21(27)25-17-8-10-24-13-17)20(26)14-4-6-16(23)7-5-14/h1-7,9,11-12,17,24H,8,10,13H2,(H,25,27)/t17-/m1/s1. The number of benzene rings is 2. The van der Waals surface area contributed by atoms with Gasteiger partial charge in [-0.2, -0.15) is 0 Å². The van der Waals surface area contributed by atoms with Crippen molar-refractivity contribution in [2.24, 2.45) is 0 Å². The number of carbonyl (C=O) groups excluding carboxylic acids is 1. The molecule has 156 valence electrons. The summed E-state index contributed by atoms with van der Waals surface area (Å²) in [4.78, 5) is 12.9. The smallest absolute Gasteiger partial charge is 0.268 e. The van der Waals surface area contributed by atoms with Crippen molar-refractivity contribution >= 4 is 27.5 Å². The zero-order valence-electron chi connectivity index (χ0n) is 15.8. The quantitative estimate of drug-likeness (QED) is 0.629. The largest absolute Gasteiger partial charge is 0.348 e. The minimum atomic E-state index is -4.04. The number of hydrogen-bond donors (Lipinski definition) is 2. The molecule has 0 bridgehead atoms. The molecule has 1 amide bonds. The summed E-state index contributed by atoms with van der Waals surface area (Å²) in [5.41, 5.74) is 0.763. The highest BCUT2D eigenvalue weighted by Gasteiger charge is 2.27. The van der Waals surface area contributed by atoms with Crippen LogP contribution in [0.1, 0.15) is 16.8 Å². The molecule has 30 heavy (non-hydrogen) atoms. The Kier molecular flexibility index (Phi) is 5.64.